The van der Waals surface area contributed by atoms with Crippen LogP contribution in [-0.2, 0) is 0 Å². The van der Waals surface area contributed by atoms with Crippen LogP contribution in [0.3, 0.4) is 0 Å². The molecule has 0 bridgehead atoms. The van der Waals surface area contributed by atoms with Crippen LogP contribution in [0.15, 0.2) is 12.4 Å². The van der Waals surface area contributed by atoms with Gasteiger partial charge in [0.25, 0.3) is 0 Å². The van der Waals surface area contributed by atoms with E-state index in [0.29, 0.717) is 18.0 Å². The van der Waals surface area contributed by atoms with E-state index in [1.165, 1.54) is 12.0 Å². The molecule has 2 unspecified atom stereocenters. The van der Waals surface area contributed by atoms with Gasteiger partial charge in [0.1, 0.15) is 0 Å². The number of hydrogen-bond acceptors (Lipinski definition) is 3. The summed E-state index contributed by atoms with van der Waals surface area (Å²) < 4.78 is 2.03. The second-order valence-corrected chi connectivity index (χ2v) is 6.49. The Morgan fingerprint density at radius 2 is 2.11 bits per heavy atom. The first-order valence-corrected chi connectivity index (χ1v) is 7.52. The summed E-state index contributed by atoms with van der Waals surface area (Å²) in [5.41, 5.74) is 7.66. The van der Waals surface area contributed by atoms with E-state index in [-0.39, 0.29) is 6.04 Å². The van der Waals surface area contributed by atoms with Gasteiger partial charge in [-0.2, -0.15) is 5.10 Å². The fourth-order valence-corrected chi connectivity index (χ4v) is 3.02. The Morgan fingerprint density at radius 3 is 2.68 bits per heavy atom. The van der Waals surface area contributed by atoms with Gasteiger partial charge in [-0.1, -0.05) is 13.8 Å². The van der Waals surface area contributed by atoms with Crippen LogP contribution in [0, 0.1) is 5.92 Å². The number of aromatic nitrogens is 2. The van der Waals surface area contributed by atoms with Crippen molar-refractivity contribution in [1.82, 2.24) is 14.7 Å². The van der Waals surface area contributed by atoms with E-state index in [2.05, 4.69) is 43.9 Å². The minimum atomic E-state index is 0.234. The lowest BCUT2D eigenvalue weighted by atomic mass is 9.92. The third-order valence-electron chi connectivity index (χ3n) is 3.87. The first kappa shape index (κ1) is 14.5. The number of nitrogens with zero attached hydrogens (tertiary/aromatic N) is 3. The number of nitrogens with two attached hydrogens (primary N) is 1. The van der Waals surface area contributed by atoms with Crippen LogP contribution in [0.5, 0.6) is 0 Å². The standard InChI is InChI=1S/C15H28N4/c1-11(2)9-18-7-5-6-14(16)15(18)13-8-17-19(10-13)12(3)4/h8,10-12,14-15H,5-7,9,16H2,1-4H3. The lowest BCUT2D eigenvalue weighted by Gasteiger charge is -2.40. The molecule has 1 saturated heterocycles. The van der Waals surface area contributed by atoms with Gasteiger partial charge in [-0.25, -0.2) is 0 Å². The van der Waals surface area contributed by atoms with Crippen LogP contribution >= 0.6 is 0 Å². The summed E-state index contributed by atoms with van der Waals surface area (Å²) in [6.45, 7) is 11.1. The molecule has 2 heterocycles. The third-order valence-corrected chi connectivity index (χ3v) is 3.87. The van der Waals surface area contributed by atoms with E-state index in [1.54, 1.807) is 0 Å². The van der Waals surface area contributed by atoms with Gasteiger partial charge in [-0.15, -0.1) is 0 Å². The smallest absolute Gasteiger partial charge is 0.0538 e. The Morgan fingerprint density at radius 1 is 1.37 bits per heavy atom. The van der Waals surface area contributed by atoms with Crippen molar-refractivity contribution in [2.75, 3.05) is 13.1 Å². The molecule has 0 aliphatic carbocycles. The number of hydrogen-bond donors (Lipinski definition) is 1. The monoisotopic (exact) mass is 264 g/mol. The molecule has 0 aromatic carbocycles. The van der Waals surface area contributed by atoms with Gasteiger partial charge in [0, 0.05) is 30.4 Å². The van der Waals surface area contributed by atoms with E-state index in [0.717, 1.165) is 19.5 Å². The predicted octanol–water partition coefficient (Wildman–Crippen LogP) is 2.58. The first-order chi connectivity index (χ1) is 8.99. The molecule has 4 nitrogen and oxygen atoms in total. The van der Waals surface area contributed by atoms with Gasteiger partial charge < -0.3 is 5.73 Å². The predicted molar refractivity (Wildman–Crippen MR) is 79.0 cm³/mol. The summed E-state index contributed by atoms with van der Waals surface area (Å²) in [6.07, 6.45) is 6.51. The zero-order valence-electron chi connectivity index (χ0n) is 12.7. The maximum absolute atomic E-state index is 6.38. The van der Waals surface area contributed by atoms with Gasteiger partial charge in [0.15, 0.2) is 0 Å². The highest BCUT2D eigenvalue weighted by Crippen LogP contribution is 2.30. The van der Waals surface area contributed by atoms with Crippen LogP contribution in [0.2, 0.25) is 0 Å². The molecule has 1 fully saturated rings. The lowest BCUT2D eigenvalue weighted by molar-refractivity contribution is 0.114. The van der Waals surface area contributed by atoms with E-state index < -0.39 is 0 Å². The molecule has 0 radical (unpaired) electrons. The molecular weight excluding hydrogens is 236 g/mol. The molecule has 1 aromatic heterocycles. The second kappa shape index (κ2) is 6.06. The first-order valence-electron chi connectivity index (χ1n) is 7.52. The highest BCUT2D eigenvalue weighted by atomic mass is 15.3. The molecule has 0 amide bonds. The molecule has 0 saturated carbocycles. The SMILES string of the molecule is CC(C)CN1CCCC(N)C1c1cnn(C(C)C)c1. The summed E-state index contributed by atoms with van der Waals surface area (Å²) in [4.78, 5) is 2.54. The molecule has 19 heavy (non-hydrogen) atoms. The molecule has 108 valence electrons. The van der Waals surface area contributed by atoms with E-state index in [4.69, 9.17) is 5.73 Å². The molecule has 1 aliphatic rings. The second-order valence-electron chi connectivity index (χ2n) is 6.49. The minimum absolute atomic E-state index is 0.234. The van der Waals surface area contributed by atoms with Crippen molar-refractivity contribution in [2.24, 2.45) is 11.7 Å². The fourth-order valence-electron chi connectivity index (χ4n) is 3.02. The minimum Gasteiger partial charge on any atom is -0.326 e. The molecule has 4 heteroatoms. The summed E-state index contributed by atoms with van der Waals surface area (Å²) >= 11 is 0. The Balaban J connectivity index is 2.20. The average Bonchev–Trinajstić information content (AvgIpc) is 2.77. The maximum atomic E-state index is 6.38. The van der Waals surface area contributed by atoms with Crippen molar-refractivity contribution in [3.8, 4) is 0 Å². The topological polar surface area (TPSA) is 47.1 Å². The zero-order valence-corrected chi connectivity index (χ0v) is 12.7. The number of likely N-dealkylation sites (tertiary alicyclic amines) is 1. The molecule has 0 spiro atoms. The summed E-state index contributed by atoms with van der Waals surface area (Å²) in [5.74, 6) is 0.674. The van der Waals surface area contributed by atoms with Crippen LogP contribution in [0.25, 0.3) is 0 Å². The van der Waals surface area contributed by atoms with Gasteiger partial charge in [-0.3, -0.25) is 9.58 Å². The molecule has 2 N–H and O–H groups in total. The van der Waals surface area contributed by atoms with Crippen molar-refractivity contribution in [2.45, 2.75) is 58.7 Å². The zero-order chi connectivity index (χ0) is 14.0. The lowest BCUT2D eigenvalue weighted by Crippen LogP contribution is -2.46. The van der Waals surface area contributed by atoms with E-state index >= 15 is 0 Å². The highest BCUT2D eigenvalue weighted by Gasteiger charge is 2.31. The van der Waals surface area contributed by atoms with Crippen molar-refractivity contribution < 1.29 is 0 Å². The molecule has 2 atom stereocenters. The fraction of sp³-hybridized carbons (Fsp3) is 0.800. The van der Waals surface area contributed by atoms with Crippen molar-refractivity contribution in [3.05, 3.63) is 18.0 Å². The van der Waals surface area contributed by atoms with Crippen LogP contribution < -0.4 is 5.73 Å². The van der Waals surface area contributed by atoms with E-state index in [1.807, 2.05) is 10.9 Å². The Labute approximate surface area is 117 Å². The Bertz CT molecular complexity index is 397. The van der Waals surface area contributed by atoms with Crippen molar-refractivity contribution in [3.63, 3.8) is 0 Å². The third kappa shape index (κ3) is 3.37. The van der Waals surface area contributed by atoms with Gasteiger partial charge in [-0.05, 0) is 39.2 Å². The molecular formula is C15H28N4. The Hall–Kier alpha value is -0.870. The molecule has 2 rings (SSSR count). The maximum Gasteiger partial charge on any atom is 0.0538 e. The summed E-state index contributed by atoms with van der Waals surface area (Å²) in [6, 6.07) is 0.980. The molecule has 1 aliphatic heterocycles. The van der Waals surface area contributed by atoms with Crippen LogP contribution in [0.1, 0.15) is 58.2 Å². The summed E-state index contributed by atoms with van der Waals surface area (Å²) in [5, 5.41) is 4.47. The quantitative estimate of drug-likeness (QED) is 0.909. The normalized spacial score (nSPS) is 25.4. The van der Waals surface area contributed by atoms with Crippen LogP contribution in [0.4, 0.5) is 0 Å². The van der Waals surface area contributed by atoms with Crippen LogP contribution in [-0.4, -0.2) is 33.8 Å². The number of rotatable bonds is 4. The largest absolute Gasteiger partial charge is 0.326 e. The van der Waals surface area contributed by atoms with Gasteiger partial charge >= 0.3 is 0 Å². The summed E-state index contributed by atoms with van der Waals surface area (Å²) in [7, 11) is 0. The molecule has 1 aromatic rings. The van der Waals surface area contributed by atoms with Crippen molar-refractivity contribution >= 4 is 0 Å². The van der Waals surface area contributed by atoms with Gasteiger partial charge in [0.05, 0.1) is 12.2 Å². The van der Waals surface area contributed by atoms with E-state index in [9.17, 15) is 0 Å². The van der Waals surface area contributed by atoms with Crippen molar-refractivity contribution in [1.29, 1.82) is 0 Å². The average molecular weight is 264 g/mol. The Kier molecular flexibility index (Phi) is 4.63. The number of piperidine rings is 1. The highest BCUT2D eigenvalue weighted by molar-refractivity contribution is 5.15. The van der Waals surface area contributed by atoms with Gasteiger partial charge in [0.2, 0.25) is 0 Å².